The van der Waals surface area contributed by atoms with Crippen LogP contribution in [-0.2, 0) is 14.4 Å². The Morgan fingerprint density at radius 1 is 1.26 bits per heavy atom. The first-order valence-electron chi connectivity index (χ1n) is 11.3. The van der Waals surface area contributed by atoms with Gasteiger partial charge in [-0.1, -0.05) is 39.2 Å². The van der Waals surface area contributed by atoms with Crippen LogP contribution >= 0.6 is 0 Å². The lowest BCUT2D eigenvalue weighted by molar-refractivity contribution is -0.147. The third-order valence-electron chi connectivity index (χ3n) is 6.59. The standard InChI is InChI=1S/C23H34N4O4/c1-16(2)14-23(15-19(28)26-31)11-13-27(22(23)30)20(17-8-4-3-5-9-17)21(29)25-18-10-6-7-12-24-18/h6-7,10,12,16-17,20,31H,3-5,8-9,11,13-15H2,1-2H3,(H,26,28)(H,24,25,29)/t20-,23-/m1/s1. The van der Waals surface area contributed by atoms with E-state index in [4.69, 9.17) is 5.21 Å². The van der Waals surface area contributed by atoms with Crippen LogP contribution in [0.15, 0.2) is 24.4 Å². The number of likely N-dealkylation sites (tertiary alicyclic amines) is 1. The van der Waals surface area contributed by atoms with E-state index < -0.39 is 17.4 Å². The highest BCUT2D eigenvalue weighted by Crippen LogP contribution is 2.44. The van der Waals surface area contributed by atoms with Gasteiger partial charge < -0.3 is 10.2 Å². The van der Waals surface area contributed by atoms with Crippen LogP contribution in [0.2, 0.25) is 0 Å². The fourth-order valence-corrected chi connectivity index (χ4v) is 5.36. The van der Waals surface area contributed by atoms with Crippen LogP contribution in [-0.4, -0.2) is 45.4 Å². The maximum Gasteiger partial charge on any atom is 0.248 e. The molecule has 3 amide bonds. The van der Waals surface area contributed by atoms with Crippen LogP contribution in [0.5, 0.6) is 0 Å². The Balaban J connectivity index is 1.88. The number of carbonyl (C=O) groups is 3. The highest BCUT2D eigenvalue weighted by atomic mass is 16.5. The molecule has 0 bridgehead atoms. The Morgan fingerprint density at radius 2 is 2.00 bits per heavy atom. The highest BCUT2D eigenvalue weighted by Gasteiger charge is 2.52. The molecule has 1 saturated carbocycles. The van der Waals surface area contributed by atoms with E-state index in [1.54, 1.807) is 34.8 Å². The van der Waals surface area contributed by atoms with E-state index in [2.05, 4.69) is 10.3 Å². The number of hydroxylamine groups is 1. The van der Waals surface area contributed by atoms with Gasteiger partial charge in [-0.25, -0.2) is 10.5 Å². The minimum atomic E-state index is -0.890. The van der Waals surface area contributed by atoms with Gasteiger partial charge in [0.05, 0.1) is 5.41 Å². The number of rotatable bonds is 8. The molecule has 0 spiro atoms. The summed E-state index contributed by atoms with van der Waals surface area (Å²) < 4.78 is 0. The highest BCUT2D eigenvalue weighted by molar-refractivity contribution is 5.99. The zero-order chi connectivity index (χ0) is 22.4. The normalized spacial score (nSPS) is 23.1. The number of nitrogens with zero attached hydrogens (tertiary/aromatic N) is 2. The Bertz CT molecular complexity index is 779. The Labute approximate surface area is 183 Å². The molecular formula is C23H34N4O4. The minimum absolute atomic E-state index is 0.0732. The van der Waals surface area contributed by atoms with Crippen molar-refractivity contribution in [1.82, 2.24) is 15.4 Å². The molecule has 1 aromatic heterocycles. The average Bonchev–Trinajstić information content (AvgIpc) is 3.05. The first kappa shape index (κ1) is 23.2. The van der Waals surface area contributed by atoms with Crippen molar-refractivity contribution in [3.63, 3.8) is 0 Å². The molecule has 1 aliphatic carbocycles. The van der Waals surface area contributed by atoms with Gasteiger partial charge >= 0.3 is 0 Å². The number of hydrogen-bond donors (Lipinski definition) is 3. The van der Waals surface area contributed by atoms with Crippen LogP contribution in [0.4, 0.5) is 5.82 Å². The Morgan fingerprint density at radius 3 is 2.61 bits per heavy atom. The fourth-order valence-electron chi connectivity index (χ4n) is 5.36. The van der Waals surface area contributed by atoms with Crippen LogP contribution in [0.25, 0.3) is 0 Å². The summed E-state index contributed by atoms with van der Waals surface area (Å²) in [5, 5.41) is 12.0. The molecule has 170 valence electrons. The quantitative estimate of drug-likeness (QED) is 0.433. The number of aromatic nitrogens is 1. The van der Waals surface area contributed by atoms with Gasteiger partial charge in [-0.2, -0.15) is 0 Å². The number of pyridine rings is 1. The molecular weight excluding hydrogens is 396 g/mol. The molecule has 8 heteroatoms. The van der Waals surface area contributed by atoms with Crippen molar-refractivity contribution >= 4 is 23.5 Å². The van der Waals surface area contributed by atoms with E-state index in [9.17, 15) is 14.4 Å². The summed E-state index contributed by atoms with van der Waals surface area (Å²) in [4.78, 5) is 45.0. The largest absolute Gasteiger partial charge is 0.330 e. The molecule has 1 aliphatic heterocycles. The minimum Gasteiger partial charge on any atom is -0.330 e. The van der Waals surface area contributed by atoms with E-state index in [-0.39, 0.29) is 30.1 Å². The van der Waals surface area contributed by atoms with Crippen LogP contribution in [0.1, 0.15) is 65.2 Å². The van der Waals surface area contributed by atoms with E-state index >= 15 is 0 Å². The second-order valence-electron chi connectivity index (χ2n) is 9.39. The number of amides is 3. The predicted octanol–water partition coefficient (Wildman–Crippen LogP) is 3.13. The van der Waals surface area contributed by atoms with Crippen molar-refractivity contribution in [2.75, 3.05) is 11.9 Å². The van der Waals surface area contributed by atoms with E-state index in [1.807, 2.05) is 13.8 Å². The topological polar surface area (TPSA) is 112 Å². The molecule has 3 rings (SSSR count). The number of carbonyl (C=O) groups excluding carboxylic acids is 3. The molecule has 3 N–H and O–H groups in total. The second kappa shape index (κ2) is 10.2. The predicted molar refractivity (Wildman–Crippen MR) is 116 cm³/mol. The molecule has 2 heterocycles. The monoisotopic (exact) mass is 430 g/mol. The third kappa shape index (κ3) is 5.42. The number of hydrogen-bond acceptors (Lipinski definition) is 5. The summed E-state index contributed by atoms with van der Waals surface area (Å²) in [6.07, 6.45) is 7.62. The fraction of sp³-hybridized carbons (Fsp3) is 0.652. The SMILES string of the molecule is CC(C)C[C@@]1(CC(=O)NO)CCN([C@@H](C(=O)Nc2ccccn2)C2CCCCC2)C1=O. The van der Waals surface area contributed by atoms with Crippen LogP contribution in [0, 0.1) is 17.3 Å². The second-order valence-corrected chi connectivity index (χ2v) is 9.39. The van der Waals surface area contributed by atoms with Gasteiger partial charge in [0.2, 0.25) is 17.7 Å². The Hall–Kier alpha value is -2.48. The van der Waals surface area contributed by atoms with Crippen LogP contribution < -0.4 is 10.8 Å². The first-order valence-corrected chi connectivity index (χ1v) is 11.3. The number of anilines is 1. The zero-order valence-corrected chi connectivity index (χ0v) is 18.5. The molecule has 31 heavy (non-hydrogen) atoms. The summed E-state index contributed by atoms with van der Waals surface area (Å²) in [6, 6.07) is 4.74. The molecule has 0 unspecified atom stereocenters. The van der Waals surface area contributed by atoms with Gasteiger partial charge in [0.25, 0.3) is 0 Å². The van der Waals surface area contributed by atoms with Crippen molar-refractivity contribution in [3.8, 4) is 0 Å². The lowest BCUT2D eigenvalue weighted by Gasteiger charge is -2.37. The summed E-state index contributed by atoms with van der Waals surface area (Å²) >= 11 is 0. The average molecular weight is 431 g/mol. The third-order valence-corrected chi connectivity index (χ3v) is 6.59. The molecule has 2 aliphatic rings. The van der Waals surface area contributed by atoms with Gasteiger partial charge in [0.1, 0.15) is 11.9 Å². The van der Waals surface area contributed by atoms with Gasteiger partial charge in [-0.15, -0.1) is 0 Å². The summed E-state index contributed by atoms with van der Waals surface area (Å²) in [6.45, 7) is 4.46. The van der Waals surface area contributed by atoms with Crippen molar-refractivity contribution in [3.05, 3.63) is 24.4 Å². The molecule has 1 aromatic rings. The van der Waals surface area contributed by atoms with E-state index in [0.29, 0.717) is 25.2 Å². The van der Waals surface area contributed by atoms with Gasteiger partial charge in [-0.05, 0) is 49.7 Å². The lowest BCUT2D eigenvalue weighted by Crippen LogP contribution is -2.52. The molecule has 1 saturated heterocycles. The van der Waals surface area contributed by atoms with Crippen LogP contribution in [0.3, 0.4) is 0 Å². The van der Waals surface area contributed by atoms with Gasteiger partial charge in [-0.3, -0.25) is 19.6 Å². The van der Waals surface area contributed by atoms with E-state index in [1.165, 1.54) is 0 Å². The van der Waals surface area contributed by atoms with Crippen molar-refractivity contribution in [2.24, 2.45) is 17.3 Å². The summed E-state index contributed by atoms with van der Waals surface area (Å²) in [5.41, 5.74) is 0.786. The Kier molecular flexibility index (Phi) is 7.64. The molecule has 0 radical (unpaired) electrons. The molecule has 2 atom stereocenters. The first-order chi connectivity index (χ1) is 14.9. The van der Waals surface area contributed by atoms with Gasteiger partial charge in [0, 0.05) is 19.2 Å². The molecule has 2 fully saturated rings. The molecule has 8 nitrogen and oxygen atoms in total. The smallest absolute Gasteiger partial charge is 0.248 e. The van der Waals surface area contributed by atoms with Crippen molar-refractivity contribution in [2.45, 2.75) is 71.3 Å². The summed E-state index contributed by atoms with van der Waals surface area (Å²) in [5.74, 6) is -0.188. The maximum absolute atomic E-state index is 13.7. The summed E-state index contributed by atoms with van der Waals surface area (Å²) in [7, 11) is 0. The zero-order valence-electron chi connectivity index (χ0n) is 18.5. The maximum atomic E-state index is 13.7. The van der Waals surface area contributed by atoms with E-state index in [0.717, 1.165) is 32.1 Å². The molecule has 0 aromatic carbocycles. The lowest BCUT2D eigenvalue weighted by atomic mass is 9.75. The van der Waals surface area contributed by atoms with Crippen molar-refractivity contribution < 1.29 is 19.6 Å². The van der Waals surface area contributed by atoms with Gasteiger partial charge in [0.15, 0.2) is 0 Å². The number of nitrogens with one attached hydrogen (secondary N) is 2. The van der Waals surface area contributed by atoms with Crippen molar-refractivity contribution in [1.29, 1.82) is 0 Å².